The summed E-state index contributed by atoms with van der Waals surface area (Å²) in [6, 6.07) is 10.4. The van der Waals surface area contributed by atoms with Gasteiger partial charge in [-0.3, -0.25) is 0 Å². The van der Waals surface area contributed by atoms with E-state index in [0.29, 0.717) is 0 Å². The van der Waals surface area contributed by atoms with E-state index in [9.17, 15) is 0 Å². The van der Waals surface area contributed by atoms with Crippen molar-refractivity contribution < 1.29 is 0 Å². The van der Waals surface area contributed by atoms with Gasteiger partial charge in [0.15, 0.2) is 0 Å². The highest BCUT2D eigenvalue weighted by Gasteiger charge is 2.10. The molecule has 0 unspecified atom stereocenters. The highest BCUT2D eigenvalue weighted by Crippen LogP contribution is 2.18. The largest absolute Gasteiger partial charge is 0.325 e. The van der Waals surface area contributed by atoms with Gasteiger partial charge in [-0.1, -0.05) is 30.3 Å². The average Bonchev–Trinajstić information content (AvgIpc) is 2.53. The summed E-state index contributed by atoms with van der Waals surface area (Å²) in [5.74, 6) is 0. The van der Waals surface area contributed by atoms with Gasteiger partial charge in [0.1, 0.15) is 0 Å². The van der Waals surface area contributed by atoms with Gasteiger partial charge in [0.05, 0.1) is 0 Å². The lowest BCUT2D eigenvalue weighted by Crippen LogP contribution is -2.22. The number of allylic oxidation sites excluding steroid dienone is 1. The van der Waals surface area contributed by atoms with Crippen LogP contribution in [0.5, 0.6) is 0 Å². The van der Waals surface area contributed by atoms with Gasteiger partial charge in [0, 0.05) is 12.2 Å². The van der Waals surface area contributed by atoms with E-state index in [1.54, 1.807) is 0 Å². The van der Waals surface area contributed by atoms with Crippen molar-refractivity contribution >= 4 is 5.57 Å². The highest BCUT2D eigenvalue weighted by atomic mass is 15.4. The van der Waals surface area contributed by atoms with Crippen LogP contribution >= 0.6 is 0 Å². The first-order chi connectivity index (χ1) is 5.88. The highest BCUT2D eigenvalue weighted by molar-refractivity contribution is 5.70. The maximum atomic E-state index is 3.10. The first-order valence-corrected chi connectivity index (χ1v) is 4.12. The molecule has 12 heavy (non-hydrogen) atoms. The molecule has 2 heteroatoms. The molecule has 0 aliphatic carbocycles. The third kappa shape index (κ3) is 1.21. The van der Waals surface area contributed by atoms with Crippen molar-refractivity contribution in [2.75, 3.05) is 6.54 Å². The smallest absolute Gasteiger partial charge is 0.0422 e. The minimum absolute atomic E-state index is 0.913. The summed E-state index contributed by atoms with van der Waals surface area (Å²) in [6.07, 6.45) is 0. The van der Waals surface area contributed by atoms with Crippen LogP contribution in [0.4, 0.5) is 0 Å². The minimum atomic E-state index is 0.913. The van der Waals surface area contributed by atoms with Gasteiger partial charge in [-0.2, -0.15) is 0 Å². The third-order valence-electron chi connectivity index (χ3n) is 2.12. The van der Waals surface area contributed by atoms with Crippen LogP contribution in [0.1, 0.15) is 12.5 Å². The zero-order valence-corrected chi connectivity index (χ0v) is 7.09. The van der Waals surface area contributed by atoms with E-state index in [0.717, 1.165) is 6.54 Å². The van der Waals surface area contributed by atoms with Crippen LogP contribution in [0, 0.1) is 0 Å². The topological polar surface area (TPSA) is 24.1 Å². The summed E-state index contributed by atoms with van der Waals surface area (Å²) in [5.41, 5.74) is 10.1. The molecule has 0 saturated heterocycles. The Morgan fingerprint density at radius 1 is 1.17 bits per heavy atom. The zero-order chi connectivity index (χ0) is 8.39. The zero-order valence-electron chi connectivity index (χ0n) is 7.09. The minimum Gasteiger partial charge on any atom is -0.325 e. The lowest BCUT2D eigenvalue weighted by molar-refractivity contribution is 0.701. The second-order valence-electron chi connectivity index (χ2n) is 2.95. The number of hydrazine groups is 1. The van der Waals surface area contributed by atoms with Crippen LogP contribution in [0.2, 0.25) is 0 Å². The molecule has 0 fully saturated rings. The number of benzene rings is 1. The molecule has 0 bridgehead atoms. The average molecular weight is 160 g/mol. The summed E-state index contributed by atoms with van der Waals surface area (Å²) in [7, 11) is 0. The second kappa shape index (κ2) is 2.99. The van der Waals surface area contributed by atoms with Crippen LogP contribution in [0.15, 0.2) is 36.0 Å². The molecule has 1 aliphatic heterocycles. The Morgan fingerprint density at radius 2 is 1.92 bits per heavy atom. The van der Waals surface area contributed by atoms with Crippen molar-refractivity contribution in [2.24, 2.45) is 0 Å². The predicted octanol–water partition coefficient (Wildman–Crippen LogP) is 1.53. The molecule has 2 rings (SSSR count). The fourth-order valence-corrected chi connectivity index (χ4v) is 1.43. The number of rotatable bonds is 1. The Morgan fingerprint density at radius 3 is 2.50 bits per heavy atom. The van der Waals surface area contributed by atoms with E-state index in [1.165, 1.54) is 16.8 Å². The summed E-state index contributed by atoms with van der Waals surface area (Å²) < 4.78 is 0. The fourth-order valence-electron chi connectivity index (χ4n) is 1.43. The fraction of sp³-hybridized carbons (Fsp3) is 0.200. The predicted molar refractivity (Wildman–Crippen MR) is 50.2 cm³/mol. The molecule has 1 aromatic rings. The molecular weight excluding hydrogens is 148 g/mol. The monoisotopic (exact) mass is 160 g/mol. The summed E-state index contributed by atoms with van der Waals surface area (Å²) in [4.78, 5) is 0. The quantitative estimate of drug-likeness (QED) is 0.651. The van der Waals surface area contributed by atoms with Gasteiger partial charge in [0.2, 0.25) is 0 Å². The summed E-state index contributed by atoms with van der Waals surface area (Å²) in [5, 5.41) is 0. The van der Waals surface area contributed by atoms with Crippen LogP contribution in [0.25, 0.3) is 5.57 Å². The van der Waals surface area contributed by atoms with E-state index < -0.39 is 0 Å². The summed E-state index contributed by atoms with van der Waals surface area (Å²) >= 11 is 0. The first kappa shape index (κ1) is 7.37. The molecular formula is C10H12N2. The maximum Gasteiger partial charge on any atom is 0.0422 e. The molecule has 1 aliphatic rings. The van der Waals surface area contributed by atoms with Crippen molar-refractivity contribution in [3.8, 4) is 0 Å². The van der Waals surface area contributed by atoms with Crippen molar-refractivity contribution in [1.82, 2.24) is 10.9 Å². The van der Waals surface area contributed by atoms with Gasteiger partial charge >= 0.3 is 0 Å². The Bertz CT molecular complexity index is 301. The first-order valence-electron chi connectivity index (χ1n) is 4.12. The Labute approximate surface area is 72.3 Å². The molecule has 2 nitrogen and oxygen atoms in total. The molecule has 0 aromatic heterocycles. The molecule has 0 spiro atoms. The van der Waals surface area contributed by atoms with Crippen LogP contribution in [-0.4, -0.2) is 6.54 Å². The SMILES string of the molecule is CC1=C(c2ccccc2)CNN1. The van der Waals surface area contributed by atoms with E-state index in [4.69, 9.17) is 0 Å². The second-order valence-corrected chi connectivity index (χ2v) is 2.95. The molecule has 1 heterocycles. The van der Waals surface area contributed by atoms with Crippen LogP contribution < -0.4 is 10.9 Å². The standard InChI is InChI=1S/C10H12N2/c1-8-10(7-11-12-8)9-5-3-2-4-6-9/h2-6,11-12H,7H2,1H3. The maximum absolute atomic E-state index is 3.10. The number of hydrogen-bond acceptors (Lipinski definition) is 2. The molecule has 62 valence electrons. The van der Waals surface area contributed by atoms with Crippen molar-refractivity contribution in [1.29, 1.82) is 0 Å². The lowest BCUT2D eigenvalue weighted by atomic mass is 10.1. The molecule has 0 amide bonds. The van der Waals surface area contributed by atoms with Crippen molar-refractivity contribution in [3.63, 3.8) is 0 Å². The van der Waals surface area contributed by atoms with Gasteiger partial charge in [-0.25, -0.2) is 5.43 Å². The summed E-state index contributed by atoms with van der Waals surface area (Å²) in [6.45, 7) is 3.00. The molecule has 0 atom stereocenters. The molecule has 0 saturated carbocycles. The van der Waals surface area contributed by atoms with Gasteiger partial charge in [0.25, 0.3) is 0 Å². The van der Waals surface area contributed by atoms with Gasteiger partial charge in [-0.05, 0) is 18.1 Å². The lowest BCUT2D eigenvalue weighted by Gasteiger charge is -2.00. The Kier molecular flexibility index (Phi) is 1.84. The van der Waals surface area contributed by atoms with E-state index in [-0.39, 0.29) is 0 Å². The Balaban J connectivity index is 2.37. The number of nitrogens with one attached hydrogen (secondary N) is 2. The normalized spacial score (nSPS) is 16.4. The Hall–Kier alpha value is -1.28. The van der Waals surface area contributed by atoms with Crippen LogP contribution in [0.3, 0.4) is 0 Å². The molecule has 2 N–H and O–H groups in total. The third-order valence-corrected chi connectivity index (χ3v) is 2.12. The van der Waals surface area contributed by atoms with Crippen molar-refractivity contribution in [3.05, 3.63) is 41.6 Å². The van der Waals surface area contributed by atoms with Gasteiger partial charge < -0.3 is 5.43 Å². The van der Waals surface area contributed by atoms with Crippen molar-refractivity contribution in [2.45, 2.75) is 6.92 Å². The van der Waals surface area contributed by atoms with Gasteiger partial charge in [-0.15, -0.1) is 0 Å². The van der Waals surface area contributed by atoms with Crippen LogP contribution in [-0.2, 0) is 0 Å². The molecule has 0 radical (unpaired) electrons. The van der Waals surface area contributed by atoms with E-state index in [1.807, 2.05) is 6.07 Å². The number of hydrogen-bond donors (Lipinski definition) is 2. The molecule has 1 aromatic carbocycles. The van der Waals surface area contributed by atoms with E-state index >= 15 is 0 Å². The van der Waals surface area contributed by atoms with E-state index in [2.05, 4.69) is 42.0 Å².